The van der Waals surface area contributed by atoms with Gasteiger partial charge in [0.25, 0.3) is 0 Å². The zero-order valence-electron chi connectivity index (χ0n) is 11.9. The molecule has 0 N–H and O–H groups in total. The number of pyridine rings is 1. The highest BCUT2D eigenvalue weighted by molar-refractivity contribution is 5.37. The van der Waals surface area contributed by atoms with Crippen LogP contribution in [-0.2, 0) is 0 Å². The number of nitrogens with zero attached hydrogens (tertiary/aromatic N) is 3. The van der Waals surface area contributed by atoms with Crippen LogP contribution >= 0.6 is 0 Å². The quantitative estimate of drug-likeness (QED) is 0.815. The second kappa shape index (κ2) is 6.19. The molecule has 0 aliphatic carbocycles. The van der Waals surface area contributed by atoms with Gasteiger partial charge in [0.15, 0.2) is 0 Å². The molecular formula is C15H25N3. The Morgan fingerprint density at radius 3 is 2.78 bits per heavy atom. The second-order valence-electron chi connectivity index (χ2n) is 5.39. The van der Waals surface area contributed by atoms with Crippen molar-refractivity contribution in [2.75, 3.05) is 32.1 Å². The molecule has 18 heavy (non-hydrogen) atoms. The normalized spacial score (nSPS) is 20.9. The van der Waals surface area contributed by atoms with Gasteiger partial charge in [-0.05, 0) is 44.0 Å². The van der Waals surface area contributed by atoms with E-state index >= 15 is 0 Å². The van der Waals surface area contributed by atoms with Gasteiger partial charge in [-0.3, -0.25) is 4.90 Å². The van der Waals surface area contributed by atoms with E-state index in [1.807, 2.05) is 14.1 Å². The summed E-state index contributed by atoms with van der Waals surface area (Å²) >= 11 is 0. The zero-order valence-corrected chi connectivity index (χ0v) is 11.9. The van der Waals surface area contributed by atoms with Crippen LogP contribution in [0.15, 0.2) is 18.3 Å². The van der Waals surface area contributed by atoms with Gasteiger partial charge in [-0.2, -0.15) is 0 Å². The highest BCUT2D eigenvalue weighted by Gasteiger charge is 2.23. The summed E-state index contributed by atoms with van der Waals surface area (Å²) in [6.07, 6.45) is 7.27. The summed E-state index contributed by atoms with van der Waals surface area (Å²) in [7, 11) is 4.07. The van der Waals surface area contributed by atoms with Crippen molar-refractivity contribution in [2.24, 2.45) is 0 Å². The number of hydrogen-bond donors (Lipinski definition) is 0. The number of piperidine rings is 1. The lowest BCUT2D eigenvalue weighted by Crippen LogP contribution is -2.34. The van der Waals surface area contributed by atoms with Crippen LogP contribution in [0.3, 0.4) is 0 Å². The van der Waals surface area contributed by atoms with Gasteiger partial charge < -0.3 is 4.90 Å². The molecule has 3 heteroatoms. The molecule has 0 radical (unpaired) electrons. The molecule has 2 rings (SSSR count). The molecule has 1 aromatic rings. The van der Waals surface area contributed by atoms with E-state index in [0.717, 1.165) is 5.82 Å². The fourth-order valence-corrected chi connectivity index (χ4v) is 2.78. The summed E-state index contributed by atoms with van der Waals surface area (Å²) in [5.41, 5.74) is 1.38. The van der Waals surface area contributed by atoms with Gasteiger partial charge in [0.1, 0.15) is 5.82 Å². The molecule has 1 aromatic heterocycles. The van der Waals surface area contributed by atoms with E-state index in [4.69, 9.17) is 0 Å². The first-order valence-electron chi connectivity index (χ1n) is 7.09. The van der Waals surface area contributed by atoms with Crippen LogP contribution in [-0.4, -0.2) is 37.1 Å². The molecule has 0 unspecified atom stereocenters. The lowest BCUT2D eigenvalue weighted by molar-refractivity contribution is 0.149. The molecule has 0 aromatic carbocycles. The zero-order chi connectivity index (χ0) is 13.0. The molecule has 1 aliphatic rings. The van der Waals surface area contributed by atoms with Crippen LogP contribution in [0.5, 0.6) is 0 Å². The molecule has 0 bridgehead atoms. The Kier molecular flexibility index (Phi) is 4.59. The molecule has 0 saturated carbocycles. The Morgan fingerprint density at radius 2 is 2.17 bits per heavy atom. The van der Waals surface area contributed by atoms with E-state index in [2.05, 4.69) is 40.0 Å². The fraction of sp³-hybridized carbons (Fsp3) is 0.667. The summed E-state index contributed by atoms with van der Waals surface area (Å²) in [6.45, 7) is 4.72. The monoisotopic (exact) mass is 247 g/mol. The molecule has 1 saturated heterocycles. The molecular weight excluding hydrogens is 222 g/mol. The summed E-state index contributed by atoms with van der Waals surface area (Å²) in [4.78, 5) is 9.22. The van der Waals surface area contributed by atoms with E-state index in [-0.39, 0.29) is 0 Å². The number of likely N-dealkylation sites (tertiary alicyclic amines) is 1. The van der Waals surface area contributed by atoms with Crippen molar-refractivity contribution in [2.45, 2.75) is 38.6 Å². The van der Waals surface area contributed by atoms with Crippen LogP contribution in [0, 0.1) is 0 Å². The van der Waals surface area contributed by atoms with Crippen molar-refractivity contribution in [1.82, 2.24) is 9.88 Å². The SMILES string of the molecule is CCCN1CCCC[C@@H]1c1ccc(N(C)C)nc1. The number of hydrogen-bond acceptors (Lipinski definition) is 3. The first-order valence-corrected chi connectivity index (χ1v) is 7.09. The standard InChI is InChI=1S/C15H25N3/c1-4-10-18-11-6-5-7-14(18)13-8-9-15(16-12-13)17(2)3/h8-9,12,14H,4-7,10-11H2,1-3H3/t14-/m1/s1. The molecule has 0 amide bonds. The Hall–Kier alpha value is -1.09. The summed E-state index contributed by atoms with van der Waals surface area (Å²) in [6, 6.07) is 4.97. The third-order valence-corrected chi connectivity index (χ3v) is 3.74. The first-order chi connectivity index (χ1) is 8.72. The minimum Gasteiger partial charge on any atom is -0.363 e. The van der Waals surface area contributed by atoms with Crippen molar-refractivity contribution < 1.29 is 0 Å². The largest absolute Gasteiger partial charge is 0.363 e. The molecule has 1 atom stereocenters. The van der Waals surface area contributed by atoms with Gasteiger partial charge in [-0.1, -0.05) is 19.4 Å². The van der Waals surface area contributed by atoms with Crippen molar-refractivity contribution in [3.8, 4) is 0 Å². The number of aromatic nitrogens is 1. The highest BCUT2D eigenvalue weighted by atomic mass is 15.2. The van der Waals surface area contributed by atoms with Gasteiger partial charge in [-0.15, -0.1) is 0 Å². The van der Waals surface area contributed by atoms with E-state index in [9.17, 15) is 0 Å². The third kappa shape index (κ3) is 3.02. The first kappa shape index (κ1) is 13.3. The average Bonchev–Trinajstić information content (AvgIpc) is 2.40. The van der Waals surface area contributed by atoms with Crippen molar-refractivity contribution in [3.05, 3.63) is 23.9 Å². The van der Waals surface area contributed by atoms with E-state index in [1.54, 1.807) is 0 Å². The summed E-state index contributed by atoms with van der Waals surface area (Å²) in [5.74, 6) is 1.04. The molecule has 3 nitrogen and oxygen atoms in total. The predicted molar refractivity (Wildman–Crippen MR) is 77.0 cm³/mol. The minimum absolute atomic E-state index is 0.586. The molecule has 2 heterocycles. The van der Waals surface area contributed by atoms with Crippen LogP contribution in [0.25, 0.3) is 0 Å². The summed E-state index contributed by atoms with van der Waals surface area (Å²) in [5, 5.41) is 0. The molecule has 1 aliphatic heterocycles. The van der Waals surface area contributed by atoms with Crippen LogP contribution in [0.2, 0.25) is 0 Å². The van der Waals surface area contributed by atoms with E-state index in [0.29, 0.717) is 6.04 Å². The highest BCUT2D eigenvalue weighted by Crippen LogP contribution is 2.30. The van der Waals surface area contributed by atoms with E-state index in [1.165, 1.54) is 44.3 Å². The maximum absolute atomic E-state index is 4.55. The van der Waals surface area contributed by atoms with Crippen LogP contribution in [0.1, 0.15) is 44.2 Å². The Morgan fingerprint density at radius 1 is 1.33 bits per heavy atom. The van der Waals surface area contributed by atoms with Crippen molar-refractivity contribution in [3.63, 3.8) is 0 Å². The second-order valence-corrected chi connectivity index (χ2v) is 5.39. The number of rotatable bonds is 4. The fourth-order valence-electron chi connectivity index (χ4n) is 2.78. The lowest BCUT2D eigenvalue weighted by atomic mass is 9.96. The van der Waals surface area contributed by atoms with Gasteiger partial charge in [0.05, 0.1) is 0 Å². The molecule has 1 fully saturated rings. The van der Waals surface area contributed by atoms with Crippen molar-refractivity contribution >= 4 is 5.82 Å². The average molecular weight is 247 g/mol. The van der Waals surface area contributed by atoms with Crippen LogP contribution < -0.4 is 4.90 Å². The van der Waals surface area contributed by atoms with Gasteiger partial charge in [-0.25, -0.2) is 4.98 Å². The van der Waals surface area contributed by atoms with Gasteiger partial charge in [0, 0.05) is 26.3 Å². The predicted octanol–water partition coefficient (Wildman–Crippen LogP) is 3.08. The van der Waals surface area contributed by atoms with Crippen LogP contribution in [0.4, 0.5) is 5.82 Å². The molecule has 0 spiro atoms. The van der Waals surface area contributed by atoms with E-state index < -0.39 is 0 Å². The lowest BCUT2D eigenvalue weighted by Gasteiger charge is -2.35. The summed E-state index contributed by atoms with van der Waals surface area (Å²) < 4.78 is 0. The third-order valence-electron chi connectivity index (χ3n) is 3.74. The Labute approximate surface area is 111 Å². The maximum Gasteiger partial charge on any atom is 0.127 e. The smallest absolute Gasteiger partial charge is 0.127 e. The van der Waals surface area contributed by atoms with Crippen molar-refractivity contribution in [1.29, 1.82) is 0 Å². The Balaban J connectivity index is 2.12. The van der Waals surface area contributed by atoms with Gasteiger partial charge >= 0.3 is 0 Å². The Bertz CT molecular complexity index is 357. The maximum atomic E-state index is 4.55. The topological polar surface area (TPSA) is 19.4 Å². The molecule has 100 valence electrons. The van der Waals surface area contributed by atoms with Gasteiger partial charge in [0.2, 0.25) is 0 Å². The number of anilines is 1. The minimum atomic E-state index is 0.586.